The molecule has 0 atom stereocenters. The molecule has 0 bridgehead atoms. The summed E-state index contributed by atoms with van der Waals surface area (Å²) in [6.07, 6.45) is 1.64. The first-order chi connectivity index (χ1) is 6.45. The van der Waals surface area contributed by atoms with Crippen molar-refractivity contribution >= 4 is 21.6 Å². The van der Waals surface area contributed by atoms with Crippen molar-refractivity contribution in [3.63, 3.8) is 0 Å². The lowest BCUT2D eigenvalue weighted by atomic mass is 10.4. The highest BCUT2D eigenvalue weighted by Crippen LogP contribution is 2.24. The third-order valence-corrected chi connectivity index (χ3v) is 4.31. The van der Waals surface area contributed by atoms with Crippen LogP contribution in [-0.4, -0.2) is 34.7 Å². The summed E-state index contributed by atoms with van der Waals surface area (Å²) in [4.78, 5) is 2.42. The van der Waals surface area contributed by atoms with Crippen LogP contribution in [0.2, 0.25) is 0 Å². The largest absolute Gasteiger partial charge is 0.364 e. The Morgan fingerprint density at radius 3 is 2.77 bits per heavy atom. The van der Waals surface area contributed by atoms with Crippen molar-refractivity contribution in [2.75, 3.05) is 24.6 Å². The highest BCUT2D eigenvalue weighted by molar-refractivity contribution is 8.76. The monoisotopic (exact) mass is 216 g/mol. The van der Waals surface area contributed by atoms with Crippen LogP contribution in [-0.2, 0) is 6.54 Å². The normalized spacial score (nSPS) is 20.0. The third kappa shape index (κ3) is 2.93. The fraction of sp³-hybridized carbons (Fsp3) is 0.625. The molecule has 1 aromatic rings. The van der Waals surface area contributed by atoms with Gasteiger partial charge in [0.15, 0.2) is 0 Å². The maximum absolute atomic E-state index is 4.80. The zero-order valence-corrected chi connectivity index (χ0v) is 8.94. The van der Waals surface area contributed by atoms with Gasteiger partial charge in [-0.05, 0) is 0 Å². The first-order valence-electron chi connectivity index (χ1n) is 4.31. The van der Waals surface area contributed by atoms with E-state index in [0.29, 0.717) is 0 Å². The molecule has 1 fully saturated rings. The minimum Gasteiger partial charge on any atom is -0.364 e. The predicted octanol–water partition coefficient (Wildman–Crippen LogP) is 1.87. The zero-order chi connectivity index (χ0) is 8.93. The van der Waals surface area contributed by atoms with Gasteiger partial charge in [-0.15, -0.1) is 0 Å². The van der Waals surface area contributed by atoms with E-state index in [4.69, 9.17) is 4.52 Å². The van der Waals surface area contributed by atoms with Crippen molar-refractivity contribution < 1.29 is 4.52 Å². The Morgan fingerprint density at radius 1 is 1.38 bits per heavy atom. The van der Waals surface area contributed by atoms with Crippen molar-refractivity contribution in [3.05, 3.63) is 18.0 Å². The molecular formula is C8H12N2OS2. The molecule has 0 amide bonds. The van der Waals surface area contributed by atoms with Crippen molar-refractivity contribution in [3.8, 4) is 0 Å². The lowest BCUT2D eigenvalue weighted by Crippen LogP contribution is -2.26. The number of rotatable bonds is 2. The van der Waals surface area contributed by atoms with Crippen LogP contribution in [0.4, 0.5) is 0 Å². The molecule has 5 heteroatoms. The Bertz CT molecular complexity index is 232. The second-order valence-electron chi connectivity index (χ2n) is 2.91. The molecule has 1 aliphatic rings. The van der Waals surface area contributed by atoms with Crippen LogP contribution in [0.25, 0.3) is 0 Å². The molecule has 0 spiro atoms. The molecule has 2 heterocycles. The lowest BCUT2D eigenvalue weighted by molar-refractivity contribution is 0.289. The van der Waals surface area contributed by atoms with E-state index in [1.165, 1.54) is 11.5 Å². The van der Waals surface area contributed by atoms with Gasteiger partial charge < -0.3 is 4.52 Å². The van der Waals surface area contributed by atoms with Crippen LogP contribution in [0.15, 0.2) is 16.9 Å². The number of hydrogen-bond acceptors (Lipinski definition) is 5. The first-order valence-corrected chi connectivity index (χ1v) is 6.80. The van der Waals surface area contributed by atoms with Crippen molar-refractivity contribution in [2.24, 2.45) is 0 Å². The van der Waals surface area contributed by atoms with E-state index in [9.17, 15) is 0 Å². The van der Waals surface area contributed by atoms with E-state index < -0.39 is 0 Å². The third-order valence-electron chi connectivity index (χ3n) is 1.94. The van der Waals surface area contributed by atoms with Crippen molar-refractivity contribution in [1.82, 2.24) is 10.1 Å². The molecule has 0 saturated carbocycles. The average molecular weight is 216 g/mol. The van der Waals surface area contributed by atoms with Gasteiger partial charge in [0, 0.05) is 37.2 Å². The molecule has 2 rings (SSSR count). The summed E-state index contributed by atoms with van der Waals surface area (Å²) in [7, 11) is 3.93. The zero-order valence-electron chi connectivity index (χ0n) is 7.31. The van der Waals surface area contributed by atoms with Gasteiger partial charge in [-0.2, -0.15) is 0 Å². The molecule has 0 aliphatic carbocycles. The SMILES string of the molecule is c1cc(CN2CCSSCC2)no1. The van der Waals surface area contributed by atoms with Crippen molar-refractivity contribution in [1.29, 1.82) is 0 Å². The second-order valence-corrected chi connectivity index (χ2v) is 5.61. The maximum atomic E-state index is 4.80. The molecule has 1 saturated heterocycles. The molecule has 72 valence electrons. The van der Waals surface area contributed by atoms with E-state index in [-0.39, 0.29) is 0 Å². The maximum Gasteiger partial charge on any atom is 0.124 e. The molecule has 1 aliphatic heterocycles. The standard InChI is InChI=1S/C8H12N2OS2/c1-4-11-9-8(1)7-10-2-5-12-13-6-3-10/h1,4H,2-3,5-7H2. The summed E-state index contributed by atoms with van der Waals surface area (Å²) < 4.78 is 4.80. The van der Waals surface area contributed by atoms with E-state index in [1.807, 2.05) is 27.7 Å². The quantitative estimate of drug-likeness (QED) is 0.704. The number of aromatic nitrogens is 1. The molecule has 3 nitrogen and oxygen atoms in total. The fourth-order valence-corrected chi connectivity index (χ4v) is 3.32. The molecule has 0 unspecified atom stereocenters. The van der Waals surface area contributed by atoms with Crippen LogP contribution in [0.1, 0.15) is 5.69 Å². The van der Waals surface area contributed by atoms with Crippen LogP contribution in [0, 0.1) is 0 Å². The van der Waals surface area contributed by atoms with Gasteiger partial charge in [-0.1, -0.05) is 26.7 Å². The average Bonchev–Trinajstić information content (AvgIpc) is 2.49. The van der Waals surface area contributed by atoms with Gasteiger partial charge in [0.05, 0.1) is 5.69 Å². The van der Waals surface area contributed by atoms with E-state index in [2.05, 4.69) is 10.1 Å². The Morgan fingerprint density at radius 2 is 2.15 bits per heavy atom. The lowest BCUT2D eigenvalue weighted by Gasteiger charge is -2.16. The van der Waals surface area contributed by atoms with E-state index in [1.54, 1.807) is 6.26 Å². The number of hydrogen-bond donors (Lipinski definition) is 0. The molecular weight excluding hydrogens is 204 g/mol. The minimum atomic E-state index is 0.928. The molecule has 0 N–H and O–H groups in total. The summed E-state index contributed by atoms with van der Waals surface area (Å²) in [6, 6.07) is 1.94. The van der Waals surface area contributed by atoms with Gasteiger partial charge in [0.25, 0.3) is 0 Å². The highest BCUT2D eigenvalue weighted by Gasteiger charge is 2.10. The van der Waals surface area contributed by atoms with Gasteiger partial charge in [-0.25, -0.2) is 0 Å². The summed E-state index contributed by atoms with van der Waals surface area (Å²) in [5.74, 6) is 2.42. The topological polar surface area (TPSA) is 29.3 Å². The summed E-state index contributed by atoms with van der Waals surface area (Å²) in [5, 5.41) is 3.91. The summed E-state index contributed by atoms with van der Waals surface area (Å²) in [5.41, 5.74) is 1.04. The number of nitrogens with zero attached hydrogens (tertiary/aromatic N) is 2. The van der Waals surface area contributed by atoms with Crippen LogP contribution in [0.5, 0.6) is 0 Å². The first kappa shape index (κ1) is 9.43. The highest BCUT2D eigenvalue weighted by atomic mass is 33.1. The second kappa shape index (κ2) is 4.93. The summed E-state index contributed by atoms with van der Waals surface area (Å²) >= 11 is 0. The van der Waals surface area contributed by atoms with E-state index >= 15 is 0 Å². The van der Waals surface area contributed by atoms with Crippen LogP contribution < -0.4 is 0 Å². The Balaban J connectivity index is 1.86. The molecule has 13 heavy (non-hydrogen) atoms. The Labute approximate surface area is 85.6 Å². The van der Waals surface area contributed by atoms with E-state index in [0.717, 1.165) is 25.3 Å². The fourth-order valence-electron chi connectivity index (χ4n) is 1.27. The molecule has 0 aromatic carbocycles. The summed E-state index contributed by atoms with van der Waals surface area (Å²) in [6.45, 7) is 3.24. The Hall–Kier alpha value is -0.130. The van der Waals surface area contributed by atoms with Crippen LogP contribution >= 0.6 is 21.6 Å². The van der Waals surface area contributed by atoms with Gasteiger partial charge in [0.2, 0.25) is 0 Å². The van der Waals surface area contributed by atoms with Crippen LogP contribution in [0.3, 0.4) is 0 Å². The minimum absolute atomic E-state index is 0.928. The van der Waals surface area contributed by atoms with Gasteiger partial charge >= 0.3 is 0 Å². The Kier molecular flexibility index (Phi) is 3.57. The molecule has 0 radical (unpaired) electrons. The van der Waals surface area contributed by atoms with Gasteiger partial charge in [0.1, 0.15) is 6.26 Å². The molecule has 1 aromatic heterocycles. The predicted molar refractivity (Wildman–Crippen MR) is 56.7 cm³/mol. The van der Waals surface area contributed by atoms with Crippen molar-refractivity contribution in [2.45, 2.75) is 6.54 Å². The van der Waals surface area contributed by atoms with Gasteiger partial charge in [-0.3, -0.25) is 4.90 Å². The smallest absolute Gasteiger partial charge is 0.124 e.